The van der Waals surface area contributed by atoms with Crippen LogP contribution in [0.5, 0.6) is 11.5 Å². The molecule has 0 spiro atoms. The zero-order valence-corrected chi connectivity index (χ0v) is 11.0. The number of benzene rings is 1. The quantitative estimate of drug-likeness (QED) is 0.833. The molecule has 0 atom stereocenters. The second kappa shape index (κ2) is 6.61. The number of ether oxygens (including phenoxy) is 2. The molecule has 0 radical (unpaired) electrons. The maximum atomic E-state index is 5.64. The van der Waals surface area contributed by atoms with Crippen LogP contribution in [0.1, 0.15) is 18.9 Å². The predicted molar refractivity (Wildman–Crippen MR) is 72.1 cm³/mol. The topological polar surface area (TPSA) is 47.7 Å². The Bertz CT molecular complexity index is 376. The molecule has 0 fully saturated rings. The molecule has 0 saturated heterocycles. The minimum absolute atomic E-state index is 0.637. The molecule has 2 rings (SSSR count). The van der Waals surface area contributed by atoms with Gasteiger partial charge in [0.15, 0.2) is 11.5 Å². The van der Waals surface area contributed by atoms with Gasteiger partial charge in [-0.05, 0) is 30.7 Å². The van der Waals surface area contributed by atoms with Gasteiger partial charge < -0.3 is 15.2 Å². The molecule has 1 aliphatic rings. The van der Waals surface area contributed by atoms with Crippen LogP contribution in [0.2, 0.25) is 0 Å². The molecule has 0 amide bonds. The van der Waals surface area contributed by atoms with Crippen LogP contribution in [0.25, 0.3) is 0 Å². The summed E-state index contributed by atoms with van der Waals surface area (Å²) in [5, 5.41) is 0. The second-order valence-electron chi connectivity index (χ2n) is 4.54. The highest BCUT2D eigenvalue weighted by atomic mass is 16.6. The lowest BCUT2D eigenvalue weighted by atomic mass is 10.1. The van der Waals surface area contributed by atoms with Gasteiger partial charge in [-0.2, -0.15) is 0 Å². The van der Waals surface area contributed by atoms with Gasteiger partial charge in [0, 0.05) is 19.6 Å². The van der Waals surface area contributed by atoms with Crippen LogP contribution in [0.4, 0.5) is 0 Å². The molecule has 0 unspecified atom stereocenters. The first-order valence-electron chi connectivity index (χ1n) is 6.64. The molecule has 18 heavy (non-hydrogen) atoms. The smallest absolute Gasteiger partial charge is 0.161 e. The fourth-order valence-corrected chi connectivity index (χ4v) is 2.21. The predicted octanol–water partition coefficient (Wildman–Crippen LogP) is 1.63. The Morgan fingerprint density at radius 1 is 1.17 bits per heavy atom. The molecule has 0 saturated carbocycles. The number of nitrogens with zero attached hydrogens (tertiary/aromatic N) is 1. The summed E-state index contributed by atoms with van der Waals surface area (Å²) in [5.41, 5.74) is 6.89. The Hall–Kier alpha value is -1.26. The lowest BCUT2D eigenvalue weighted by Crippen LogP contribution is -2.29. The number of rotatable bonds is 6. The molecule has 0 aromatic heterocycles. The van der Waals surface area contributed by atoms with E-state index in [-0.39, 0.29) is 0 Å². The molecule has 1 heterocycles. The number of hydrogen-bond donors (Lipinski definition) is 1. The zero-order chi connectivity index (χ0) is 12.8. The van der Waals surface area contributed by atoms with Crippen molar-refractivity contribution in [2.24, 2.45) is 5.73 Å². The summed E-state index contributed by atoms with van der Waals surface area (Å²) in [4.78, 5) is 2.37. The van der Waals surface area contributed by atoms with Crippen LogP contribution >= 0.6 is 0 Å². The van der Waals surface area contributed by atoms with E-state index >= 15 is 0 Å². The van der Waals surface area contributed by atoms with E-state index in [0.717, 1.165) is 37.6 Å². The Balaban J connectivity index is 2.03. The fraction of sp³-hybridized carbons (Fsp3) is 0.571. The van der Waals surface area contributed by atoms with Gasteiger partial charge in [0.2, 0.25) is 0 Å². The Morgan fingerprint density at radius 2 is 1.94 bits per heavy atom. The highest BCUT2D eigenvalue weighted by Crippen LogP contribution is 2.31. The molecule has 2 N–H and O–H groups in total. The van der Waals surface area contributed by atoms with Crippen molar-refractivity contribution in [3.8, 4) is 11.5 Å². The van der Waals surface area contributed by atoms with E-state index in [1.54, 1.807) is 0 Å². The van der Waals surface area contributed by atoms with Crippen LogP contribution in [-0.4, -0.2) is 37.7 Å². The number of fused-ring (bicyclic) bond motifs is 1. The van der Waals surface area contributed by atoms with Crippen molar-refractivity contribution >= 4 is 0 Å². The summed E-state index contributed by atoms with van der Waals surface area (Å²) in [5.74, 6) is 1.72. The first kappa shape index (κ1) is 13.2. The van der Waals surface area contributed by atoms with Gasteiger partial charge in [0.05, 0.1) is 0 Å². The van der Waals surface area contributed by atoms with E-state index in [0.29, 0.717) is 19.8 Å². The second-order valence-corrected chi connectivity index (χ2v) is 4.54. The standard InChI is InChI=1S/C14H22N2O2/c1-2-6-16(7-5-15)11-12-3-4-13-14(10-12)18-9-8-17-13/h3-4,10H,2,5-9,11,15H2,1H3. The van der Waals surface area contributed by atoms with E-state index in [4.69, 9.17) is 15.2 Å². The van der Waals surface area contributed by atoms with Gasteiger partial charge in [0.1, 0.15) is 13.2 Å². The van der Waals surface area contributed by atoms with Crippen molar-refractivity contribution in [3.05, 3.63) is 23.8 Å². The average molecular weight is 250 g/mol. The summed E-state index contributed by atoms with van der Waals surface area (Å²) >= 11 is 0. The lowest BCUT2D eigenvalue weighted by molar-refractivity contribution is 0.171. The van der Waals surface area contributed by atoms with E-state index in [1.807, 2.05) is 6.07 Å². The van der Waals surface area contributed by atoms with Gasteiger partial charge >= 0.3 is 0 Å². The lowest BCUT2D eigenvalue weighted by Gasteiger charge is -2.23. The summed E-state index contributed by atoms with van der Waals surface area (Å²) in [6, 6.07) is 6.18. The highest BCUT2D eigenvalue weighted by molar-refractivity contribution is 5.43. The Morgan fingerprint density at radius 3 is 2.67 bits per heavy atom. The molecule has 0 bridgehead atoms. The molecular weight excluding hydrogens is 228 g/mol. The van der Waals surface area contributed by atoms with E-state index in [2.05, 4.69) is 24.0 Å². The molecule has 1 aliphatic heterocycles. The number of hydrogen-bond acceptors (Lipinski definition) is 4. The van der Waals surface area contributed by atoms with Crippen molar-refractivity contribution in [1.29, 1.82) is 0 Å². The van der Waals surface area contributed by atoms with Crippen LogP contribution in [0.3, 0.4) is 0 Å². The van der Waals surface area contributed by atoms with Gasteiger partial charge in [-0.15, -0.1) is 0 Å². The third kappa shape index (κ3) is 3.37. The van der Waals surface area contributed by atoms with E-state index in [9.17, 15) is 0 Å². The molecule has 4 heteroatoms. The summed E-state index contributed by atoms with van der Waals surface area (Å²) in [6.45, 7) is 7.09. The fourth-order valence-electron chi connectivity index (χ4n) is 2.21. The van der Waals surface area contributed by atoms with Crippen LogP contribution < -0.4 is 15.2 Å². The average Bonchev–Trinajstić information content (AvgIpc) is 2.39. The summed E-state index contributed by atoms with van der Waals surface area (Å²) in [6.07, 6.45) is 1.14. The Kier molecular flexibility index (Phi) is 4.84. The van der Waals surface area contributed by atoms with Gasteiger partial charge in [-0.1, -0.05) is 13.0 Å². The molecular formula is C14H22N2O2. The zero-order valence-electron chi connectivity index (χ0n) is 11.0. The van der Waals surface area contributed by atoms with Crippen LogP contribution in [0.15, 0.2) is 18.2 Å². The van der Waals surface area contributed by atoms with Crippen molar-refractivity contribution < 1.29 is 9.47 Å². The SMILES string of the molecule is CCCN(CCN)Cc1ccc2c(c1)OCCO2. The maximum absolute atomic E-state index is 5.64. The van der Waals surface area contributed by atoms with Crippen molar-refractivity contribution in [1.82, 2.24) is 4.90 Å². The van der Waals surface area contributed by atoms with Crippen molar-refractivity contribution in [3.63, 3.8) is 0 Å². The largest absolute Gasteiger partial charge is 0.486 e. The normalized spacial score (nSPS) is 13.9. The summed E-state index contributed by atoms with van der Waals surface area (Å²) in [7, 11) is 0. The van der Waals surface area contributed by atoms with E-state index in [1.165, 1.54) is 5.56 Å². The van der Waals surface area contributed by atoms with Crippen molar-refractivity contribution in [2.75, 3.05) is 32.8 Å². The summed E-state index contributed by atoms with van der Waals surface area (Å²) < 4.78 is 11.1. The first-order chi connectivity index (χ1) is 8.83. The molecule has 1 aromatic carbocycles. The van der Waals surface area contributed by atoms with Crippen LogP contribution in [-0.2, 0) is 6.54 Å². The molecule has 1 aromatic rings. The van der Waals surface area contributed by atoms with Gasteiger partial charge in [-0.3, -0.25) is 4.90 Å². The highest BCUT2D eigenvalue weighted by Gasteiger charge is 2.12. The molecule has 0 aliphatic carbocycles. The van der Waals surface area contributed by atoms with Gasteiger partial charge in [-0.25, -0.2) is 0 Å². The van der Waals surface area contributed by atoms with E-state index < -0.39 is 0 Å². The maximum Gasteiger partial charge on any atom is 0.161 e. The minimum atomic E-state index is 0.637. The first-order valence-corrected chi connectivity index (χ1v) is 6.64. The Labute approximate surface area is 109 Å². The van der Waals surface area contributed by atoms with Gasteiger partial charge in [0.25, 0.3) is 0 Å². The third-order valence-corrected chi connectivity index (χ3v) is 3.00. The number of nitrogens with two attached hydrogens (primary N) is 1. The van der Waals surface area contributed by atoms with Crippen LogP contribution in [0, 0.1) is 0 Å². The molecule has 4 nitrogen and oxygen atoms in total. The third-order valence-electron chi connectivity index (χ3n) is 3.00. The molecule has 100 valence electrons. The monoisotopic (exact) mass is 250 g/mol. The minimum Gasteiger partial charge on any atom is -0.486 e. The van der Waals surface area contributed by atoms with Crippen molar-refractivity contribution in [2.45, 2.75) is 19.9 Å².